The highest BCUT2D eigenvalue weighted by molar-refractivity contribution is 6.32. The summed E-state index contributed by atoms with van der Waals surface area (Å²) >= 11 is 11.9. The smallest absolute Gasteiger partial charge is 0.430 e. The Hall–Kier alpha value is -2.45. The zero-order chi connectivity index (χ0) is 19.1. The Morgan fingerprint density at radius 3 is 2.62 bits per heavy atom. The number of carboxylic acids is 1. The minimum atomic E-state index is -4.91. The van der Waals surface area contributed by atoms with Crippen molar-refractivity contribution in [3.05, 3.63) is 51.8 Å². The molecule has 10 heteroatoms. The second-order valence-corrected chi connectivity index (χ2v) is 5.92. The second-order valence-electron chi connectivity index (χ2n) is 5.16. The molecule has 1 aliphatic heterocycles. The molecule has 2 heterocycles. The van der Waals surface area contributed by atoms with Crippen molar-refractivity contribution < 1.29 is 32.5 Å². The molecule has 26 heavy (non-hydrogen) atoms. The van der Waals surface area contributed by atoms with E-state index in [1.165, 1.54) is 18.3 Å². The summed E-state index contributed by atoms with van der Waals surface area (Å²) in [4.78, 5) is 14.9. The number of aliphatic carboxylic acids is 1. The maximum Gasteiger partial charge on any atom is 0.430 e. The van der Waals surface area contributed by atoms with Crippen LogP contribution in [0.5, 0.6) is 17.2 Å². The Balaban J connectivity index is 2.03. The first-order chi connectivity index (χ1) is 12.2. The molecule has 0 amide bonds. The van der Waals surface area contributed by atoms with E-state index >= 15 is 0 Å². The molecule has 1 aromatic carbocycles. The number of aromatic nitrogens is 1. The molecule has 3 rings (SSSR count). The molecule has 0 fully saturated rings. The van der Waals surface area contributed by atoms with Gasteiger partial charge in [0.2, 0.25) is 6.10 Å². The van der Waals surface area contributed by atoms with Gasteiger partial charge in [-0.05, 0) is 24.3 Å². The topological polar surface area (TPSA) is 68.7 Å². The monoisotopic (exact) mass is 405 g/mol. The van der Waals surface area contributed by atoms with Gasteiger partial charge in [0.1, 0.15) is 11.5 Å². The first-order valence-corrected chi connectivity index (χ1v) is 7.72. The molecule has 0 aliphatic carbocycles. The van der Waals surface area contributed by atoms with E-state index in [0.717, 1.165) is 12.1 Å². The van der Waals surface area contributed by atoms with Crippen molar-refractivity contribution >= 4 is 35.2 Å². The van der Waals surface area contributed by atoms with Gasteiger partial charge in [-0.25, -0.2) is 9.78 Å². The third kappa shape index (κ3) is 3.56. The average molecular weight is 406 g/mol. The second kappa shape index (κ2) is 6.69. The molecule has 0 radical (unpaired) electrons. The summed E-state index contributed by atoms with van der Waals surface area (Å²) < 4.78 is 49.7. The first-order valence-electron chi connectivity index (χ1n) is 6.97. The van der Waals surface area contributed by atoms with E-state index in [1.54, 1.807) is 6.07 Å². The predicted octanol–water partition coefficient (Wildman–Crippen LogP) is 4.97. The summed E-state index contributed by atoms with van der Waals surface area (Å²) in [5.74, 6) is -1.84. The molecule has 1 atom stereocenters. The largest absolute Gasteiger partial charge is 0.478 e. The first kappa shape index (κ1) is 18.3. The van der Waals surface area contributed by atoms with Gasteiger partial charge in [0.15, 0.2) is 10.9 Å². The molecule has 136 valence electrons. The molecule has 0 saturated carbocycles. The van der Waals surface area contributed by atoms with Gasteiger partial charge in [0.05, 0.1) is 10.6 Å². The van der Waals surface area contributed by atoms with Crippen LogP contribution in [0.15, 0.2) is 36.0 Å². The average Bonchev–Trinajstić information content (AvgIpc) is 2.55. The molecule has 2 aromatic rings. The number of ether oxygens (including phenoxy) is 2. The number of halogens is 5. The molecule has 0 unspecified atom stereocenters. The van der Waals surface area contributed by atoms with Crippen LogP contribution in [-0.2, 0) is 4.79 Å². The lowest BCUT2D eigenvalue weighted by molar-refractivity contribution is -0.187. The van der Waals surface area contributed by atoms with Crippen molar-refractivity contribution in [2.24, 2.45) is 0 Å². The maximum atomic E-state index is 13.1. The highest BCUT2D eigenvalue weighted by Gasteiger charge is 2.48. The van der Waals surface area contributed by atoms with Crippen LogP contribution in [0.4, 0.5) is 13.2 Å². The Labute approximate surface area is 154 Å². The Morgan fingerprint density at radius 1 is 1.27 bits per heavy atom. The van der Waals surface area contributed by atoms with E-state index in [4.69, 9.17) is 37.8 Å². The number of hydrogen-bond donors (Lipinski definition) is 1. The van der Waals surface area contributed by atoms with Crippen LogP contribution < -0.4 is 9.47 Å². The number of hydrogen-bond acceptors (Lipinski definition) is 4. The summed E-state index contributed by atoms with van der Waals surface area (Å²) in [6.45, 7) is 0. The van der Waals surface area contributed by atoms with E-state index in [2.05, 4.69) is 4.98 Å². The zero-order valence-electron chi connectivity index (χ0n) is 12.6. The van der Waals surface area contributed by atoms with Crippen LogP contribution in [0.3, 0.4) is 0 Å². The lowest BCUT2D eigenvalue weighted by Crippen LogP contribution is -2.40. The van der Waals surface area contributed by atoms with Crippen LogP contribution >= 0.6 is 23.2 Å². The van der Waals surface area contributed by atoms with Crippen molar-refractivity contribution in [3.8, 4) is 17.2 Å². The number of carbonyl (C=O) groups is 1. The summed E-state index contributed by atoms with van der Waals surface area (Å²) in [5.41, 5.74) is -0.859. The fraction of sp³-hybridized carbons (Fsp3) is 0.125. The van der Waals surface area contributed by atoms with Gasteiger partial charge in [-0.15, -0.1) is 0 Å². The van der Waals surface area contributed by atoms with Crippen molar-refractivity contribution in [1.82, 2.24) is 4.98 Å². The Kier molecular flexibility index (Phi) is 4.72. The summed E-state index contributed by atoms with van der Waals surface area (Å²) in [6.07, 6.45) is -5.22. The number of nitrogens with zero attached hydrogens (tertiary/aromatic N) is 1. The number of pyridine rings is 1. The lowest BCUT2D eigenvalue weighted by atomic mass is 10.0. The summed E-state index contributed by atoms with van der Waals surface area (Å²) in [5, 5.41) is 9.08. The normalized spacial score (nSPS) is 16.3. The van der Waals surface area contributed by atoms with Crippen LogP contribution in [0.25, 0.3) is 6.08 Å². The molecule has 1 aromatic heterocycles. The molecule has 0 spiro atoms. The fourth-order valence-corrected chi connectivity index (χ4v) is 2.63. The Bertz CT molecular complexity index is 915. The van der Waals surface area contributed by atoms with E-state index in [-0.39, 0.29) is 33.0 Å². The number of rotatable bonds is 3. The van der Waals surface area contributed by atoms with E-state index in [0.29, 0.717) is 0 Å². The van der Waals surface area contributed by atoms with Gasteiger partial charge in [-0.2, -0.15) is 13.2 Å². The van der Waals surface area contributed by atoms with Crippen molar-refractivity contribution in [2.75, 3.05) is 0 Å². The standard InChI is InChI=1S/C16H8Cl2F3NO4/c17-9-5-7-4-8(15(23)24)13(16(19,20)21)26-11(7)6-12(9)25-10-2-1-3-22-14(10)18/h1-6,13H,(H,23,24)/t13-/m0/s1. The van der Waals surface area contributed by atoms with Crippen LogP contribution in [0.1, 0.15) is 5.56 Å². The molecule has 0 saturated heterocycles. The molecular weight excluding hydrogens is 398 g/mol. The number of carboxylic acid groups (broad SMARTS) is 1. The van der Waals surface area contributed by atoms with E-state index < -0.39 is 23.8 Å². The highest BCUT2D eigenvalue weighted by Crippen LogP contribution is 2.43. The quantitative estimate of drug-likeness (QED) is 0.729. The van der Waals surface area contributed by atoms with Crippen molar-refractivity contribution in [3.63, 3.8) is 0 Å². The maximum absolute atomic E-state index is 13.1. The fourth-order valence-electron chi connectivity index (χ4n) is 2.26. The van der Waals surface area contributed by atoms with Gasteiger partial charge in [-0.1, -0.05) is 23.2 Å². The van der Waals surface area contributed by atoms with Crippen molar-refractivity contribution in [2.45, 2.75) is 12.3 Å². The Morgan fingerprint density at radius 2 is 2.00 bits per heavy atom. The summed E-state index contributed by atoms with van der Waals surface area (Å²) in [7, 11) is 0. The van der Waals surface area contributed by atoms with Crippen LogP contribution in [0, 0.1) is 0 Å². The lowest BCUT2D eigenvalue weighted by Gasteiger charge is -2.27. The SMILES string of the molecule is O=C(O)C1=Cc2cc(Cl)c(Oc3cccnc3Cl)cc2O[C@@H]1C(F)(F)F. The van der Waals surface area contributed by atoms with E-state index in [9.17, 15) is 18.0 Å². The van der Waals surface area contributed by atoms with Crippen LogP contribution in [0.2, 0.25) is 10.2 Å². The van der Waals surface area contributed by atoms with Gasteiger partial charge in [-0.3, -0.25) is 0 Å². The minimum absolute atomic E-state index is 0.0200. The third-order valence-electron chi connectivity index (χ3n) is 3.39. The molecule has 5 nitrogen and oxygen atoms in total. The zero-order valence-corrected chi connectivity index (χ0v) is 14.1. The molecule has 1 N–H and O–H groups in total. The van der Waals surface area contributed by atoms with Crippen molar-refractivity contribution in [1.29, 1.82) is 0 Å². The summed E-state index contributed by atoms with van der Waals surface area (Å²) in [6, 6.07) is 5.42. The number of alkyl halides is 3. The minimum Gasteiger partial charge on any atom is -0.478 e. The van der Waals surface area contributed by atoms with Gasteiger partial charge in [0, 0.05) is 17.8 Å². The third-order valence-corrected chi connectivity index (χ3v) is 3.97. The number of benzene rings is 1. The molecule has 0 bridgehead atoms. The van der Waals surface area contributed by atoms with Crippen LogP contribution in [-0.4, -0.2) is 28.3 Å². The van der Waals surface area contributed by atoms with E-state index in [1.807, 2.05) is 0 Å². The highest BCUT2D eigenvalue weighted by atomic mass is 35.5. The predicted molar refractivity (Wildman–Crippen MR) is 86.9 cm³/mol. The molecule has 1 aliphatic rings. The van der Waals surface area contributed by atoms with Gasteiger partial charge >= 0.3 is 12.1 Å². The molecular formula is C16H8Cl2F3NO4. The van der Waals surface area contributed by atoms with Gasteiger partial charge < -0.3 is 14.6 Å². The van der Waals surface area contributed by atoms with Gasteiger partial charge in [0.25, 0.3) is 0 Å². The number of fused-ring (bicyclic) bond motifs is 1.